The summed E-state index contributed by atoms with van der Waals surface area (Å²) in [5, 5.41) is 8.85. The molecule has 1 aliphatic rings. The van der Waals surface area contributed by atoms with Crippen LogP contribution < -0.4 is 4.74 Å². The molecule has 1 aromatic carbocycles. The quantitative estimate of drug-likeness (QED) is 0.759. The largest absolute Gasteiger partial charge is 0.483 e. The van der Waals surface area contributed by atoms with Gasteiger partial charge in [0, 0.05) is 19.2 Å². The fraction of sp³-hybridized carbons (Fsp3) is 0.273. The third kappa shape index (κ3) is 1.84. The van der Waals surface area contributed by atoms with Crippen molar-refractivity contribution in [2.75, 3.05) is 13.7 Å². The van der Waals surface area contributed by atoms with Crippen molar-refractivity contribution in [2.45, 2.75) is 6.54 Å². The van der Waals surface area contributed by atoms with Gasteiger partial charge in [0.05, 0.1) is 5.56 Å². The second-order valence-electron chi connectivity index (χ2n) is 3.67. The van der Waals surface area contributed by atoms with Crippen LogP contribution in [0.1, 0.15) is 15.9 Å². The van der Waals surface area contributed by atoms with Gasteiger partial charge in [0.25, 0.3) is 5.91 Å². The zero-order valence-corrected chi connectivity index (χ0v) is 8.77. The fourth-order valence-corrected chi connectivity index (χ4v) is 1.57. The van der Waals surface area contributed by atoms with Gasteiger partial charge in [-0.25, -0.2) is 4.79 Å². The van der Waals surface area contributed by atoms with Gasteiger partial charge in [0.15, 0.2) is 6.61 Å². The Balaban J connectivity index is 2.39. The summed E-state index contributed by atoms with van der Waals surface area (Å²) in [7, 11) is 1.66. The van der Waals surface area contributed by atoms with E-state index in [9.17, 15) is 9.59 Å². The highest BCUT2D eigenvalue weighted by atomic mass is 16.5. The van der Waals surface area contributed by atoms with E-state index >= 15 is 0 Å². The zero-order valence-electron chi connectivity index (χ0n) is 8.77. The van der Waals surface area contributed by atoms with Crippen LogP contribution in [0.25, 0.3) is 0 Å². The highest BCUT2D eigenvalue weighted by Crippen LogP contribution is 2.24. The lowest BCUT2D eigenvalue weighted by Gasteiger charge is -2.12. The van der Waals surface area contributed by atoms with Crippen LogP contribution in [0.3, 0.4) is 0 Å². The average molecular weight is 221 g/mol. The molecule has 0 saturated heterocycles. The number of carboxylic acid groups (broad SMARTS) is 1. The Morgan fingerprint density at radius 2 is 2.25 bits per heavy atom. The first-order chi connectivity index (χ1) is 7.58. The standard InChI is InChI=1S/C11H11NO4/c1-12-5-8-4-7(11(14)15)2-3-9(8)16-6-10(12)13/h2-4H,5-6H2,1H3,(H,14,15). The van der Waals surface area contributed by atoms with Gasteiger partial charge in [-0.05, 0) is 18.2 Å². The maximum absolute atomic E-state index is 11.4. The maximum atomic E-state index is 11.4. The summed E-state index contributed by atoms with van der Waals surface area (Å²) in [5.41, 5.74) is 0.915. The highest BCUT2D eigenvalue weighted by molar-refractivity contribution is 5.88. The summed E-state index contributed by atoms with van der Waals surface area (Å²) in [6.07, 6.45) is 0. The van der Waals surface area contributed by atoms with Crippen molar-refractivity contribution in [3.05, 3.63) is 29.3 Å². The van der Waals surface area contributed by atoms with Crippen LogP contribution in [0, 0.1) is 0 Å². The number of likely N-dealkylation sites (N-methyl/N-ethyl adjacent to an activating group) is 1. The number of hydrogen-bond acceptors (Lipinski definition) is 3. The van der Waals surface area contributed by atoms with Gasteiger partial charge in [0.2, 0.25) is 0 Å². The summed E-state index contributed by atoms with van der Waals surface area (Å²) in [4.78, 5) is 23.7. The Labute approximate surface area is 92.2 Å². The molecule has 0 bridgehead atoms. The van der Waals surface area contributed by atoms with Crippen molar-refractivity contribution in [3.8, 4) is 5.75 Å². The van der Waals surface area contributed by atoms with E-state index in [-0.39, 0.29) is 18.1 Å². The van der Waals surface area contributed by atoms with E-state index in [0.717, 1.165) is 0 Å². The van der Waals surface area contributed by atoms with Crippen LogP contribution in [-0.2, 0) is 11.3 Å². The lowest BCUT2D eigenvalue weighted by Crippen LogP contribution is -2.28. The number of carbonyl (C=O) groups excluding carboxylic acids is 1. The molecule has 0 aromatic heterocycles. The molecule has 0 unspecified atom stereocenters. The SMILES string of the molecule is CN1Cc2cc(C(=O)O)ccc2OCC1=O. The number of carboxylic acids is 1. The molecule has 1 amide bonds. The summed E-state index contributed by atoms with van der Waals surface area (Å²) < 4.78 is 5.28. The zero-order chi connectivity index (χ0) is 11.7. The van der Waals surface area contributed by atoms with Crippen molar-refractivity contribution in [1.29, 1.82) is 0 Å². The molecule has 1 N–H and O–H groups in total. The minimum absolute atomic E-state index is 0.00405. The van der Waals surface area contributed by atoms with Gasteiger partial charge in [0.1, 0.15) is 5.75 Å². The molecule has 1 heterocycles. The van der Waals surface area contributed by atoms with Crippen LogP contribution in [0.2, 0.25) is 0 Å². The minimum Gasteiger partial charge on any atom is -0.483 e. The smallest absolute Gasteiger partial charge is 0.335 e. The maximum Gasteiger partial charge on any atom is 0.335 e. The Morgan fingerprint density at radius 3 is 2.94 bits per heavy atom. The number of benzene rings is 1. The number of carbonyl (C=O) groups is 2. The van der Waals surface area contributed by atoms with E-state index < -0.39 is 5.97 Å². The Morgan fingerprint density at radius 1 is 1.50 bits per heavy atom. The molecule has 5 nitrogen and oxygen atoms in total. The van der Waals surface area contributed by atoms with Crippen molar-refractivity contribution < 1.29 is 19.4 Å². The number of fused-ring (bicyclic) bond motifs is 1. The van der Waals surface area contributed by atoms with E-state index in [1.54, 1.807) is 13.1 Å². The summed E-state index contributed by atoms with van der Waals surface area (Å²) >= 11 is 0. The molecule has 16 heavy (non-hydrogen) atoms. The Bertz CT molecular complexity index is 455. The molecule has 84 valence electrons. The van der Waals surface area contributed by atoms with Crippen molar-refractivity contribution in [3.63, 3.8) is 0 Å². The van der Waals surface area contributed by atoms with E-state index in [1.807, 2.05) is 0 Å². The summed E-state index contributed by atoms with van der Waals surface area (Å²) in [6.45, 7) is 0.366. The molecule has 1 aliphatic heterocycles. The molecular formula is C11H11NO4. The second-order valence-corrected chi connectivity index (χ2v) is 3.67. The van der Waals surface area contributed by atoms with Gasteiger partial charge in [-0.3, -0.25) is 4.79 Å². The van der Waals surface area contributed by atoms with Crippen LogP contribution in [-0.4, -0.2) is 35.5 Å². The van der Waals surface area contributed by atoms with Crippen LogP contribution in [0.5, 0.6) is 5.75 Å². The fourth-order valence-electron chi connectivity index (χ4n) is 1.57. The first-order valence-electron chi connectivity index (χ1n) is 4.81. The third-order valence-electron chi connectivity index (χ3n) is 2.49. The summed E-state index contributed by atoms with van der Waals surface area (Å²) in [6, 6.07) is 4.59. The van der Waals surface area contributed by atoms with Crippen LogP contribution in [0.4, 0.5) is 0 Å². The number of ether oxygens (including phenoxy) is 1. The van der Waals surface area contributed by atoms with Gasteiger partial charge < -0.3 is 14.7 Å². The Kier molecular flexibility index (Phi) is 2.52. The molecule has 0 fully saturated rings. The predicted molar refractivity (Wildman–Crippen MR) is 55.4 cm³/mol. The second kappa shape index (κ2) is 3.84. The van der Waals surface area contributed by atoms with Gasteiger partial charge in [-0.15, -0.1) is 0 Å². The van der Waals surface area contributed by atoms with Crippen molar-refractivity contribution in [1.82, 2.24) is 4.90 Å². The number of hydrogen-bond donors (Lipinski definition) is 1. The topological polar surface area (TPSA) is 66.8 Å². The molecule has 5 heteroatoms. The van der Waals surface area contributed by atoms with Crippen LogP contribution in [0.15, 0.2) is 18.2 Å². The molecule has 0 atom stereocenters. The molecule has 0 saturated carbocycles. The lowest BCUT2D eigenvalue weighted by atomic mass is 10.1. The number of amides is 1. The molecule has 0 radical (unpaired) electrons. The van der Waals surface area contributed by atoms with Crippen molar-refractivity contribution in [2.24, 2.45) is 0 Å². The average Bonchev–Trinajstić information content (AvgIpc) is 2.38. The van der Waals surface area contributed by atoms with Gasteiger partial charge >= 0.3 is 5.97 Å². The normalized spacial score (nSPS) is 15.1. The summed E-state index contributed by atoms with van der Waals surface area (Å²) in [5.74, 6) is -0.531. The van der Waals surface area contributed by atoms with E-state index in [1.165, 1.54) is 17.0 Å². The van der Waals surface area contributed by atoms with Crippen LogP contribution >= 0.6 is 0 Å². The molecular weight excluding hydrogens is 210 g/mol. The highest BCUT2D eigenvalue weighted by Gasteiger charge is 2.19. The molecule has 1 aromatic rings. The molecule has 0 spiro atoms. The number of nitrogens with zero attached hydrogens (tertiary/aromatic N) is 1. The number of rotatable bonds is 1. The van der Waals surface area contributed by atoms with E-state index in [2.05, 4.69) is 0 Å². The first-order valence-corrected chi connectivity index (χ1v) is 4.81. The monoisotopic (exact) mass is 221 g/mol. The van der Waals surface area contributed by atoms with Gasteiger partial charge in [-0.2, -0.15) is 0 Å². The predicted octanol–water partition coefficient (Wildman–Crippen LogP) is 0.736. The third-order valence-corrected chi connectivity index (χ3v) is 2.49. The van der Waals surface area contributed by atoms with E-state index in [0.29, 0.717) is 17.9 Å². The van der Waals surface area contributed by atoms with Crippen molar-refractivity contribution >= 4 is 11.9 Å². The van der Waals surface area contributed by atoms with E-state index in [4.69, 9.17) is 9.84 Å². The molecule has 2 rings (SSSR count). The van der Waals surface area contributed by atoms with Gasteiger partial charge in [-0.1, -0.05) is 0 Å². The number of aromatic carboxylic acids is 1. The minimum atomic E-state index is -0.985. The lowest BCUT2D eigenvalue weighted by molar-refractivity contribution is -0.131. The molecule has 0 aliphatic carbocycles. The first kappa shape index (κ1) is 10.5. The Hall–Kier alpha value is -2.04.